The first-order chi connectivity index (χ1) is 7.24. The fourth-order valence-electron chi connectivity index (χ4n) is 1.59. The lowest BCUT2D eigenvalue weighted by Crippen LogP contribution is -2.43. The number of hydrogen-bond donors (Lipinski definition) is 1. The molecule has 0 aliphatic carbocycles. The molecular weight excluding hydrogens is 258 g/mol. The molecule has 1 N–H and O–H groups in total. The molecule has 0 radical (unpaired) electrons. The van der Waals surface area contributed by atoms with Crippen molar-refractivity contribution in [3.05, 3.63) is 34.3 Å². The van der Waals surface area contributed by atoms with Crippen LogP contribution in [0.5, 0.6) is 0 Å². The number of carbonyl (C=O) groups is 1. The van der Waals surface area contributed by atoms with Gasteiger partial charge in [-0.25, -0.2) is 0 Å². The third kappa shape index (κ3) is 3.04. The van der Waals surface area contributed by atoms with E-state index >= 15 is 0 Å². The van der Waals surface area contributed by atoms with Gasteiger partial charge < -0.3 is 10.1 Å². The lowest BCUT2D eigenvalue weighted by Gasteiger charge is -2.23. The molecule has 0 saturated carbocycles. The molecular formula is C11H12BrNO2. The van der Waals surface area contributed by atoms with Crippen LogP contribution < -0.4 is 5.32 Å². The van der Waals surface area contributed by atoms with Gasteiger partial charge in [0.05, 0.1) is 6.10 Å². The molecule has 1 aromatic rings. The Balaban J connectivity index is 1.94. The van der Waals surface area contributed by atoms with Gasteiger partial charge in [-0.05, 0) is 17.7 Å². The van der Waals surface area contributed by atoms with Crippen molar-refractivity contribution in [2.24, 2.45) is 0 Å². The molecule has 15 heavy (non-hydrogen) atoms. The minimum Gasteiger partial charge on any atom is -0.366 e. The van der Waals surface area contributed by atoms with E-state index < -0.39 is 0 Å². The second-order valence-corrected chi connectivity index (χ2v) is 4.49. The molecule has 1 heterocycles. The van der Waals surface area contributed by atoms with Crippen LogP contribution in [0.4, 0.5) is 0 Å². The normalized spacial score (nSPS) is 21.1. The van der Waals surface area contributed by atoms with E-state index in [9.17, 15) is 4.79 Å². The predicted molar refractivity (Wildman–Crippen MR) is 60.6 cm³/mol. The third-order valence-corrected chi connectivity index (χ3v) is 2.82. The topological polar surface area (TPSA) is 38.3 Å². The van der Waals surface area contributed by atoms with Crippen LogP contribution in [-0.2, 0) is 16.0 Å². The zero-order valence-corrected chi connectivity index (χ0v) is 9.79. The Morgan fingerprint density at radius 2 is 2.40 bits per heavy atom. The van der Waals surface area contributed by atoms with Gasteiger partial charge in [0.2, 0.25) is 5.91 Å². The van der Waals surface area contributed by atoms with Gasteiger partial charge in [0.25, 0.3) is 0 Å². The first kappa shape index (κ1) is 10.6. The molecule has 1 aliphatic rings. The number of ether oxygens (including phenoxy) is 1. The second kappa shape index (κ2) is 4.77. The van der Waals surface area contributed by atoms with E-state index in [4.69, 9.17) is 4.74 Å². The van der Waals surface area contributed by atoms with Crippen LogP contribution in [0.1, 0.15) is 5.56 Å². The Labute approximate surface area is 96.9 Å². The molecule has 80 valence electrons. The maximum atomic E-state index is 10.9. The number of benzene rings is 1. The van der Waals surface area contributed by atoms with Gasteiger partial charge in [0.15, 0.2) is 0 Å². The van der Waals surface area contributed by atoms with Crippen LogP contribution >= 0.6 is 15.9 Å². The molecule has 0 spiro atoms. The Kier molecular flexibility index (Phi) is 3.38. The summed E-state index contributed by atoms with van der Waals surface area (Å²) in [7, 11) is 0. The van der Waals surface area contributed by atoms with Gasteiger partial charge in [-0.1, -0.05) is 28.1 Å². The van der Waals surface area contributed by atoms with Crippen molar-refractivity contribution in [2.75, 3.05) is 13.2 Å². The van der Waals surface area contributed by atoms with Crippen LogP contribution in [0.15, 0.2) is 28.7 Å². The highest BCUT2D eigenvalue weighted by molar-refractivity contribution is 9.10. The summed E-state index contributed by atoms with van der Waals surface area (Å²) in [5.41, 5.74) is 1.21. The Morgan fingerprint density at radius 1 is 1.53 bits per heavy atom. The highest BCUT2D eigenvalue weighted by atomic mass is 79.9. The van der Waals surface area contributed by atoms with Crippen LogP contribution in [0, 0.1) is 0 Å². The summed E-state index contributed by atoms with van der Waals surface area (Å²) >= 11 is 3.43. The molecule has 4 heteroatoms. The van der Waals surface area contributed by atoms with Crippen LogP contribution in [0.3, 0.4) is 0 Å². The van der Waals surface area contributed by atoms with Gasteiger partial charge in [0.1, 0.15) is 6.61 Å². The minimum atomic E-state index is -0.0273. The monoisotopic (exact) mass is 269 g/mol. The van der Waals surface area contributed by atoms with Gasteiger partial charge in [-0.15, -0.1) is 0 Å². The molecule has 2 rings (SSSR count). The Bertz CT molecular complexity index is 357. The summed E-state index contributed by atoms with van der Waals surface area (Å²) in [6, 6.07) is 8.12. The molecule has 1 saturated heterocycles. The second-order valence-electron chi connectivity index (χ2n) is 3.57. The lowest BCUT2D eigenvalue weighted by molar-refractivity contribution is -0.133. The zero-order valence-electron chi connectivity index (χ0n) is 8.20. The van der Waals surface area contributed by atoms with Crippen LogP contribution in [0.25, 0.3) is 0 Å². The molecule has 0 bridgehead atoms. The first-order valence-electron chi connectivity index (χ1n) is 4.87. The zero-order chi connectivity index (χ0) is 10.7. The molecule has 1 aromatic carbocycles. The summed E-state index contributed by atoms with van der Waals surface area (Å²) < 4.78 is 6.48. The lowest BCUT2D eigenvalue weighted by atomic mass is 10.1. The van der Waals surface area contributed by atoms with Crippen molar-refractivity contribution in [1.29, 1.82) is 0 Å². The van der Waals surface area contributed by atoms with E-state index in [1.807, 2.05) is 12.1 Å². The number of halogens is 1. The number of carbonyl (C=O) groups excluding carboxylic acids is 1. The number of rotatable bonds is 2. The van der Waals surface area contributed by atoms with E-state index in [0.29, 0.717) is 6.54 Å². The minimum absolute atomic E-state index is 0.0273. The van der Waals surface area contributed by atoms with Gasteiger partial charge in [-0.2, -0.15) is 0 Å². The van der Waals surface area contributed by atoms with Crippen LogP contribution in [-0.4, -0.2) is 25.2 Å². The third-order valence-electron chi connectivity index (χ3n) is 2.33. The number of hydrogen-bond acceptors (Lipinski definition) is 2. The van der Waals surface area contributed by atoms with Crippen molar-refractivity contribution in [1.82, 2.24) is 5.32 Å². The maximum Gasteiger partial charge on any atom is 0.246 e. The fraction of sp³-hybridized carbons (Fsp3) is 0.364. The standard InChI is InChI=1S/C11H12BrNO2/c12-9-3-1-2-8(4-9)5-10-6-13-11(14)7-15-10/h1-4,10H,5-7H2,(H,13,14). The SMILES string of the molecule is O=C1COC(Cc2cccc(Br)c2)CN1. The van der Waals surface area contributed by atoms with E-state index in [1.165, 1.54) is 5.56 Å². The average molecular weight is 270 g/mol. The van der Waals surface area contributed by atoms with Crippen molar-refractivity contribution in [2.45, 2.75) is 12.5 Å². The van der Waals surface area contributed by atoms with E-state index in [2.05, 4.69) is 33.4 Å². The quantitative estimate of drug-likeness (QED) is 0.884. The Hall–Kier alpha value is -0.870. The summed E-state index contributed by atoms with van der Waals surface area (Å²) in [6.07, 6.45) is 0.927. The largest absolute Gasteiger partial charge is 0.366 e. The average Bonchev–Trinajstić information content (AvgIpc) is 2.22. The molecule has 0 aromatic heterocycles. The highest BCUT2D eigenvalue weighted by Crippen LogP contribution is 2.14. The highest BCUT2D eigenvalue weighted by Gasteiger charge is 2.18. The van der Waals surface area contributed by atoms with E-state index in [1.54, 1.807) is 0 Å². The summed E-state index contributed by atoms with van der Waals surface area (Å²) in [5, 5.41) is 2.79. The molecule has 1 aliphatic heterocycles. The van der Waals surface area contributed by atoms with Crippen molar-refractivity contribution >= 4 is 21.8 Å². The smallest absolute Gasteiger partial charge is 0.246 e. The molecule has 3 nitrogen and oxygen atoms in total. The Morgan fingerprint density at radius 3 is 3.07 bits per heavy atom. The molecule has 1 amide bonds. The number of nitrogens with one attached hydrogen (secondary N) is 1. The van der Waals surface area contributed by atoms with Gasteiger partial charge in [0, 0.05) is 17.4 Å². The molecule has 1 atom stereocenters. The number of morpholine rings is 1. The van der Waals surface area contributed by atoms with Gasteiger partial charge >= 0.3 is 0 Å². The van der Waals surface area contributed by atoms with E-state index in [-0.39, 0.29) is 18.6 Å². The fourth-order valence-corrected chi connectivity index (χ4v) is 2.04. The van der Waals surface area contributed by atoms with Crippen molar-refractivity contribution in [3.63, 3.8) is 0 Å². The van der Waals surface area contributed by atoms with Crippen molar-refractivity contribution in [3.8, 4) is 0 Å². The van der Waals surface area contributed by atoms with Gasteiger partial charge in [-0.3, -0.25) is 4.79 Å². The molecule has 1 fully saturated rings. The number of amides is 1. The molecule has 1 unspecified atom stereocenters. The summed E-state index contributed by atoms with van der Waals surface area (Å²) in [6.45, 7) is 0.782. The van der Waals surface area contributed by atoms with Crippen LogP contribution in [0.2, 0.25) is 0 Å². The maximum absolute atomic E-state index is 10.9. The summed E-state index contributed by atoms with van der Waals surface area (Å²) in [5.74, 6) is -0.0273. The predicted octanol–water partition coefficient (Wildman–Crippen LogP) is 1.51. The van der Waals surface area contributed by atoms with Crippen molar-refractivity contribution < 1.29 is 9.53 Å². The first-order valence-corrected chi connectivity index (χ1v) is 5.66. The van der Waals surface area contributed by atoms with E-state index in [0.717, 1.165) is 10.9 Å². The summed E-state index contributed by atoms with van der Waals surface area (Å²) in [4.78, 5) is 10.9.